The summed E-state index contributed by atoms with van der Waals surface area (Å²) >= 11 is 6.17. The molecule has 0 unspecified atom stereocenters. The highest BCUT2D eigenvalue weighted by molar-refractivity contribution is 6.31. The second kappa shape index (κ2) is 8.79. The Morgan fingerprint density at radius 2 is 2.15 bits per heavy atom. The van der Waals surface area contributed by atoms with E-state index in [0.29, 0.717) is 10.6 Å². The summed E-state index contributed by atoms with van der Waals surface area (Å²) in [6, 6.07) is 5.40. The van der Waals surface area contributed by atoms with E-state index in [2.05, 4.69) is 29.5 Å². The summed E-state index contributed by atoms with van der Waals surface area (Å²) in [5.41, 5.74) is 7.14. The molecule has 0 spiro atoms. The standard InChI is InChI=1S/C14H23ClN4O/c1-19(2)8-4-3-7-17-10-12-6-5-11(9-13(12)15)14(16)18-20/h5-6,9,17,20H,3-4,7-8,10H2,1-2H3,(H2,16,18). The van der Waals surface area contributed by atoms with E-state index >= 15 is 0 Å². The van der Waals surface area contributed by atoms with Crippen LogP contribution in [0, 0.1) is 0 Å². The molecule has 4 N–H and O–H groups in total. The van der Waals surface area contributed by atoms with Crippen molar-refractivity contribution in [1.29, 1.82) is 0 Å². The monoisotopic (exact) mass is 298 g/mol. The zero-order valence-electron chi connectivity index (χ0n) is 12.1. The third kappa shape index (κ3) is 5.77. The largest absolute Gasteiger partial charge is 0.409 e. The second-order valence-electron chi connectivity index (χ2n) is 4.98. The Labute approximate surface area is 125 Å². The molecule has 112 valence electrons. The number of hydrogen-bond acceptors (Lipinski definition) is 4. The van der Waals surface area contributed by atoms with Crippen LogP contribution in [0.2, 0.25) is 5.02 Å². The van der Waals surface area contributed by atoms with Crippen molar-refractivity contribution < 1.29 is 5.21 Å². The highest BCUT2D eigenvalue weighted by Gasteiger charge is 2.04. The van der Waals surface area contributed by atoms with E-state index < -0.39 is 0 Å². The van der Waals surface area contributed by atoms with Gasteiger partial charge in [0.15, 0.2) is 5.84 Å². The van der Waals surface area contributed by atoms with Gasteiger partial charge in [0.25, 0.3) is 0 Å². The predicted molar refractivity (Wildman–Crippen MR) is 83.5 cm³/mol. The van der Waals surface area contributed by atoms with Crippen molar-refractivity contribution in [3.05, 3.63) is 34.3 Å². The van der Waals surface area contributed by atoms with Crippen LogP contribution in [0.4, 0.5) is 0 Å². The summed E-state index contributed by atoms with van der Waals surface area (Å²) in [6.07, 6.45) is 2.31. The first-order chi connectivity index (χ1) is 9.54. The van der Waals surface area contributed by atoms with Gasteiger partial charge in [0.05, 0.1) is 0 Å². The van der Waals surface area contributed by atoms with Crippen LogP contribution in [0.3, 0.4) is 0 Å². The van der Waals surface area contributed by atoms with Gasteiger partial charge < -0.3 is 21.2 Å². The third-order valence-electron chi connectivity index (χ3n) is 2.98. The smallest absolute Gasteiger partial charge is 0.170 e. The summed E-state index contributed by atoms with van der Waals surface area (Å²) in [4.78, 5) is 2.18. The molecule has 1 aromatic carbocycles. The average molecular weight is 299 g/mol. The number of halogens is 1. The number of benzene rings is 1. The molecule has 0 saturated heterocycles. The number of rotatable bonds is 8. The number of nitrogens with zero attached hydrogens (tertiary/aromatic N) is 2. The molecule has 0 aliphatic carbocycles. The number of unbranched alkanes of at least 4 members (excludes halogenated alkanes) is 1. The minimum absolute atomic E-state index is 0.0649. The van der Waals surface area contributed by atoms with E-state index in [9.17, 15) is 0 Å². The van der Waals surface area contributed by atoms with Gasteiger partial charge >= 0.3 is 0 Å². The van der Waals surface area contributed by atoms with Crippen molar-refractivity contribution in [2.45, 2.75) is 19.4 Å². The fraction of sp³-hybridized carbons (Fsp3) is 0.500. The normalized spacial score (nSPS) is 12.1. The van der Waals surface area contributed by atoms with E-state index in [-0.39, 0.29) is 5.84 Å². The fourth-order valence-corrected chi connectivity index (χ4v) is 2.06. The maximum atomic E-state index is 8.62. The van der Waals surface area contributed by atoms with Gasteiger partial charge in [0.1, 0.15) is 0 Å². The minimum atomic E-state index is 0.0649. The molecule has 0 heterocycles. The molecule has 0 fully saturated rings. The summed E-state index contributed by atoms with van der Waals surface area (Å²) in [5, 5.41) is 15.6. The van der Waals surface area contributed by atoms with Gasteiger partial charge in [-0.15, -0.1) is 0 Å². The van der Waals surface area contributed by atoms with Crippen LogP contribution in [0.5, 0.6) is 0 Å². The molecule has 0 atom stereocenters. The molecule has 0 aliphatic rings. The van der Waals surface area contributed by atoms with E-state index in [1.165, 1.54) is 6.42 Å². The molecule has 0 amide bonds. The van der Waals surface area contributed by atoms with Crippen molar-refractivity contribution in [3.63, 3.8) is 0 Å². The SMILES string of the molecule is CN(C)CCCCNCc1ccc(/C(N)=N/O)cc1Cl. The Morgan fingerprint density at radius 1 is 1.40 bits per heavy atom. The lowest BCUT2D eigenvalue weighted by Gasteiger charge is -2.10. The molecule has 1 aromatic rings. The van der Waals surface area contributed by atoms with Crippen LogP contribution in [0.15, 0.2) is 23.4 Å². The van der Waals surface area contributed by atoms with E-state index in [4.69, 9.17) is 22.5 Å². The minimum Gasteiger partial charge on any atom is -0.409 e. The summed E-state index contributed by atoms with van der Waals surface area (Å²) in [7, 11) is 4.16. The highest BCUT2D eigenvalue weighted by Crippen LogP contribution is 2.17. The van der Waals surface area contributed by atoms with Gasteiger partial charge in [-0.25, -0.2) is 0 Å². The average Bonchev–Trinajstić information content (AvgIpc) is 2.42. The summed E-state index contributed by atoms with van der Waals surface area (Å²) in [5.74, 6) is 0.0649. The first-order valence-electron chi connectivity index (χ1n) is 6.66. The van der Waals surface area contributed by atoms with Crippen LogP contribution in [-0.2, 0) is 6.54 Å². The van der Waals surface area contributed by atoms with Gasteiger partial charge in [-0.05, 0) is 51.7 Å². The fourth-order valence-electron chi connectivity index (χ4n) is 1.81. The van der Waals surface area contributed by atoms with Gasteiger partial charge in [-0.2, -0.15) is 0 Å². The van der Waals surface area contributed by atoms with E-state index in [0.717, 1.165) is 31.6 Å². The van der Waals surface area contributed by atoms with Crippen molar-refractivity contribution in [2.75, 3.05) is 27.2 Å². The quantitative estimate of drug-likeness (QED) is 0.225. The van der Waals surface area contributed by atoms with Gasteiger partial charge in [-0.1, -0.05) is 28.9 Å². The molecule has 0 radical (unpaired) electrons. The number of hydrogen-bond donors (Lipinski definition) is 3. The topological polar surface area (TPSA) is 73.9 Å². The third-order valence-corrected chi connectivity index (χ3v) is 3.33. The summed E-state index contributed by atoms with van der Waals surface area (Å²) in [6.45, 7) is 2.79. The molecular formula is C14H23ClN4O. The van der Waals surface area contributed by atoms with Gasteiger partial charge in [0.2, 0.25) is 0 Å². The lowest BCUT2D eigenvalue weighted by atomic mass is 10.1. The Hall–Kier alpha value is -1.30. The second-order valence-corrected chi connectivity index (χ2v) is 5.39. The van der Waals surface area contributed by atoms with Crippen LogP contribution in [0.1, 0.15) is 24.0 Å². The van der Waals surface area contributed by atoms with Crippen molar-refractivity contribution in [2.24, 2.45) is 10.9 Å². The van der Waals surface area contributed by atoms with Crippen molar-refractivity contribution >= 4 is 17.4 Å². The summed E-state index contributed by atoms with van der Waals surface area (Å²) < 4.78 is 0. The highest BCUT2D eigenvalue weighted by atomic mass is 35.5. The lowest BCUT2D eigenvalue weighted by Crippen LogP contribution is -2.18. The number of oxime groups is 1. The van der Waals surface area contributed by atoms with E-state index in [1.807, 2.05) is 6.07 Å². The van der Waals surface area contributed by atoms with Crippen molar-refractivity contribution in [1.82, 2.24) is 10.2 Å². The Morgan fingerprint density at radius 3 is 2.75 bits per heavy atom. The van der Waals surface area contributed by atoms with Gasteiger partial charge in [-0.3, -0.25) is 0 Å². The van der Waals surface area contributed by atoms with Crippen LogP contribution in [0.25, 0.3) is 0 Å². The molecule has 0 saturated carbocycles. The Balaban J connectivity index is 2.38. The zero-order valence-corrected chi connectivity index (χ0v) is 12.8. The van der Waals surface area contributed by atoms with Crippen LogP contribution >= 0.6 is 11.6 Å². The van der Waals surface area contributed by atoms with Gasteiger partial charge in [0, 0.05) is 17.1 Å². The molecule has 20 heavy (non-hydrogen) atoms. The predicted octanol–water partition coefficient (Wildman–Crippen LogP) is 1.87. The number of amidine groups is 1. The van der Waals surface area contributed by atoms with E-state index in [1.54, 1.807) is 12.1 Å². The molecule has 0 bridgehead atoms. The molecule has 0 aliphatic heterocycles. The lowest BCUT2D eigenvalue weighted by molar-refractivity contribution is 0.318. The first kappa shape index (κ1) is 16.8. The molecule has 0 aromatic heterocycles. The number of nitrogens with two attached hydrogens (primary N) is 1. The maximum Gasteiger partial charge on any atom is 0.170 e. The maximum absolute atomic E-state index is 8.62. The zero-order chi connectivity index (χ0) is 15.0. The van der Waals surface area contributed by atoms with Crippen LogP contribution in [-0.4, -0.2) is 43.1 Å². The molecule has 6 heteroatoms. The van der Waals surface area contributed by atoms with Crippen LogP contribution < -0.4 is 11.1 Å². The van der Waals surface area contributed by atoms with Crippen molar-refractivity contribution in [3.8, 4) is 0 Å². The Kier molecular flexibility index (Phi) is 7.36. The molecular weight excluding hydrogens is 276 g/mol. The molecule has 5 nitrogen and oxygen atoms in total. The Bertz CT molecular complexity index is 449. The number of nitrogens with one attached hydrogen (secondary N) is 1. The first-order valence-corrected chi connectivity index (χ1v) is 7.04. The molecule has 1 rings (SSSR count).